The van der Waals surface area contributed by atoms with E-state index in [1.165, 1.54) is 0 Å². The predicted octanol–water partition coefficient (Wildman–Crippen LogP) is 2.42. The molecule has 0 amide bonds. The van der Waals surface area contributed by atoms with E-state index in [1.807, 2.05) is 41.4 Å². The Morgan fingerprint density at radius 2 is 2.03 bits per heavy atom. The standard InChI is InChI=1S/C23H23N5O4/c29-21(30)11-17(22(31)32)23-8-1-2-16(25-23)12-28(13-23)20-6-5-19(26-27-20)14-3-4-18-15(10-14)7-9-24-18/h3-7,9-11,16,24-25H,1-2,8,12-13H2,(H,29,30)(H,31,32)/b17-11-. The highest BCUT2D eigenvalue weighted by atomic mass is 16.4. The van der Waals surface area contributed by atoms with Crippen LogP contribution >= 0.6 is 0 Å². The minimum Gasteiger partial charge on any atom is -0.478 e. The second kappa shape index (κ2) is 7.76. The molecule has 5 rings (SSSR count). The van der Waals surface area contributed by atoms with Crippen LogP contribution in [-0.2, 0) is 9.59 Å². The lowest BCUT2D eigenvalue weighted by atomic mass is 9.76. The van der Waals surface area contributed by atoms with Gasteiger partial charge in [-0.1, -0.05) is 6.07 Å². The highest BCUT2D eigenvalue weighted by Gasteiger charge is 2.47. The number of nitrogens with one attached hydrogen (secondary N) is 2. The summed E-state index contributed by atoms with van der Waals surface area (Å²) < 4.78 is 0. The summed E-state index contributed by atoms with van der Waals surface area (Å²) in [6.45, 7) is 0.976. The minimum atomic E-state index is -1.26. The fourth-order valence-corrected chi connectivity index (χ4v) is 4.96. The van der Waals surface area contributed by atoms with Crippen LogP contribution in [0.2, 0.25) is 0 Å². The molecule has 0 radical (unpaired) electrons. The lowest BCUT2D eigenvalue weighted by Crippen LogP contribution is -2.68. The number of aliphatic carboxylic acids is 2. The second-order valence-electron chi connectivity index (χ2n) is 8.45. The summed E-state index contributed by atoms with van der Waals surface area (Å²) in [4.78, 5) is 28.4. The number of H-pyrrole nitrogens is 1. The number of carboxylic acid groups (broad SMARTS) is 2. The van der Waals surface area contributed by atoms with Crippen molar-refractivity contribution < 1.29 is 19.8 Å². The van der Waals surface area contributed by atoms with Gasteiger partial charge >= 0.3 is 11.9 Å². The average molecular weight is 433 g/mol. The number of carbonyl (C=O) groups is 2. The van der Waals surface area contributed by atoms with Gasteiger partial charge in [-0.2, -0.15) is 0 Å². The number of hydrogen-bond donors (Lipinski definition) is 4. The van der Waals surface area contributed by atoms with Crippen LogP contribution in [0.1, 0.15) is 19.3 Å². The summed E-state index contributed by atoms with van der Waals surface area (Å²) in [5.41, 5.74) is 1.70. The lowest BCUT2D eigenvalue weighted by molar-refractivity contribution is -0.136. The Kier molecular flexibility index (Phi) is 4.90. The minimum absolute atomic E-state index is 0.0477. The third kappa shape index (κ3) is 3.60. The molecule has 4 heterocycles. The third-order valence-electron chi connectivity index (χ3n) is 6.38. The van der Waals surface area contributed by atoms with Gasteiger partial charge in [-0.3, -0.25) is 0 Å². The summed E-state index contributed by atoms with van der Waals surface area (Å²) in [6.07, 6.45) is 4.98. The Balaban J connectivity index is 1.44. The monoisotopic (exact) mass is 433 g/mol. The quantitative estimate of drug-likeness (QED) is 0.451. The molecule has 9 nitrogen and oxygen atoms in total. The van der Waals surface area contributed by atoms with E-state index in [-0.39, 0.29) is 11.6 Å². The van der Waals surface area contributed by atoms with Crippen LogP contribution in [0.3, 0.4) is 0 Å². The highest BCUT2D eigenvalue weighted by Crippen LogP contribution is 2.36. The van der Waals surface area contributed by atoms with E-state index in [1.54, 1.807) is 0 Å². The molecule has 2 unspecified atom stereocenters. The number of fused-ring (bicyclic) bond motifs is 3. The van der Waals surface area contributed by atoms with E-state index in [9.17, 15) is 19.8 Å². The van der Waals surface area contributed by atoms with Crippen LogP contribution < -0.4 is 10.2 Å². The molecule has 164 valence electrons. The van der Waals surface area contributed by atoms with Crippen molar-refractivity contribution in [3.8, 4) is 11.3 Å². The first kappa shape index (κ1) is 20.2. The number of aromatic amines is 1. The third-order valence-corrected chi connectivity index (χ3v) is 6.38. The Labute approximate surface area is 183 Å². The van der Waals surface area contributed by atoms with Crippen molar-refractivity contribution in [2.24, 2.45) is 0 Å². The smallest absolute Gasteiger partial charge is 0.333 e. The zero-order valence-electron chi connectivity index (χ0n) is 17.3. The first-order valence-electron chi connectivity index (χ1n) is 10.6. The van der Waals surface area contributed by atoms with Gasteiger partial charge in [-0.25, -0.2) is 9.59 Å². The molecule has 2 aliphatic heterocycles. The molecule has 3 aromatic rings. The van der Waals surface area contributed by atoms with Crippen LogP contribution in [0.15, 0.2) is 54.2 Å². The fraction of sp³-hybridized carbons (Fsp3) is 0.304. The summed E-state index contributed by atoms with van der Waals surface area (Å²) in [7, 11) is 0. The Bertz CT molecular complexity index is 1220. The van der Waals surface area contributed by atoms with E-state index < -0.39 is 17.5 Å². The number of aromatic nitrogens is 3. The highest BCUT2D eigenvalue weighted by molar-refractivity contribution is 5.97. The topological polar surface area (TPSA) is 131 Å². The maximum Gasteiger partial charge on any atom is 0.333 e. The number of anilines is 1. The number of carboxylic acids is 2. The van der Waals surface area contributed by atoms with Gasteiger partial charge in [0.15, 0.2) is 5.82 Å². The first-order valence-corrected chi connectivity index (χ1v) is 10.6. The number of nitrogens with zero attached hydrogens (tertiary/aromatic N) is 3. The van der Waals surface area contributed by atoms with E-state index >= 15 is 0 Å². The van der Waals surface area contributed by atoms with Crippen molar-refractivity contribution in [2.45, 2.75) is 30.8 Å². The van der Waals surface area contributed by atoms with Crippen molar-refractivity contribution in [1.82, 2.24) is 20.5 Å². The van der Waals surface area contributed by atoms with Crippen LogP contribution in [0.5, 0.6) is 0 Å². The largest absolute Gasteiger partial charge is 0.478 e. The second-order valence-corrected chi connectivity index (χ2v) is 8.45. The Hall–Kier alpha value is -3.72. The average Bonchev–Trinajstić information content (AvgIpc) is 3.25. The van der Waals surface area contributed by atoms with Crippen molar-refractivity contribution in [3.63, 3.8) is 0 Å². The van der Waals surface area contributed by atoms with Crippen molar-refractivity contribution in [2.75, 3.05) is 18.0 Å². The van der Waals surface area contributed by atoms with Crippen molar-refractivity contribution >= 4 is 28.7 Å². The molecular weight excluding hydrogens is 410 g/mol. The van der Waals surface area contributed by atoms with Crippen LogP contribution in [0.4, 0.5) is 5.82 Å². The fourth-order valence-electron chi connectivity index (χ4n) is 4.96. The number of piperazine rings is 1. The zero-order valence-corrected chi connectivity index (χ0v) is 17.3. The van der Waals surface area contributed by atoms with Gasteiger partial charge in [0.25, 0.3) is 0 Å². The van der Waals surface area contributed by atoms with Gasteiger partial charge in [-0.05, 0) is 49.6 Å². The lowest BCUT2D eigenvalue weighted by Gasteiger charge is -2.51. The number of hydrogen-bond acceptors (Lipinski definition) is 6. The zero-order chi connectivity index (χ0) is 22.3. The molecule has 4 N–H and O–H groups in total. The van der Waals surface area contributed by atoms with Gasteiger partial charge in [0.05, 0.1) is 16.8 Å². The van der Waals surface area contributed by atoms with E-state index in [4.69, 9.17) is 0 Å². The number of benzene rings is 1. The molecule has 2 bridgehead atoms. The SMILES string of the molecule is O=C(O)/C=C(/C(=O)O)C12CCCC(CN(c3ccc(-c4ccc5[nH]ccc5c4)nn3)C1)N2. The molecule has 9 heteroatoms. The molecule has 1 aromatic carbocycles. The molecule has 2 aromatic heterocycles. The molecule has 32 heavy (non-hydrogen) atoms. The molecule has 2 atom stereocenters. The summed E-state index contributed by atoms with van der Waals surface area (Å²) in [6, 6.07) is 11.9. The van der Waals surface area contributed by atoms with E-state index in [0.29, 0.717) is 25.3 Å². The molecule has 2 aliphatic rings. The Morgan fingerprint density at radius 3 is 2.78 bits per heavy atom. The number of piperidine rings is 1. The van der Waals surface area contributed by atoms with E-state index in [2.05, 4.69) is 26.6 Å². The van der Waals surface area contributed by atoms with E-state index in [0.717, 1.165) is 41.1 Å². The first-order chi connectivity index (χ1) is 15.4. The van der Waals surface area contributed by atoms with Crippen molar-refractivity contribution in [1.29, 1.82) is 0 Å². The molecule has 2 fully saturated rings. The maximum atomic E-state index is 11.9. The molecule has 0 spiro atoms. The summed E-state index contributed by atoms with van der Waals surface area (Å²) in [5, 5.41) is 32.3. The van der Waals surface area contributed by atoms with Gasteiger partial charge in [0.1, 0.15) is 0 Å². The van der Waals surface area contributed by atoms with Crippen LogP contribution in [0.25, 0.3) is 22.2 Å². The summed E-state index contributed by atoms with van der Waals surface area (Å²) in [5.74, 6) is -1.83. The predicted molar refractivity (Wildman–Crippen MR) is 118 cm³/mol. The maximum absolute atomic E-state index is 11.9. The van der Waals surface area contributed by atoms with Gasteiger partial charge in [-0.15, -0.1) is 10.2 Å². The Morgan fingerprint density at radius 1 is 1.16 bits per heavy atom. The molecule has 0 aliphatic carbocycles. The molecule has 0 saturated carbocycles. The van der Waals surface area contributed by atoms with Gasteiger partial charge < -0.3 is 25.4 Å². The van der Waals surface area contributed by atoms with Crippen LogP contribution in [0, 0.1) is 0 Å². The normalized spacial score (nSPS) is 23.3. The van der Waals surface area contributed by atoms with Gasteiger partial charge in [0.2, 0.25) is 0 Å². The van der Waals surface area contributed by atoms with Crippen LogP contribution in [-0.4, -0.2) is 62.0 Å². The van der Waals surface area contributed by atoms with Crippen molar-refractivity contribution in [3.05, 3.63) is 54.2 Å². The summed E-state index contributed by atoms with van der Waals surface area (Å²) >= 11 is 0. The van der Waals surface area contributed by atoms with Gasteiger partial charge in [0, 0.05) is 47.9 Å². The number of rotatable bonds is 5. The molecular formula is C23H23N5O4. The molecule has 2 saturated heterocycles.